The largest absolute Gasteiger partial charge is 0.348 e. The van der Waals surface area contributed by atoms with Crippen molar-refractivity contribution in [2.45, 2.75) is 6.29 Å². The predicted octanol–water partition coefficient (Wildman–Crippen LogP) is -0.429. The van der Waals surface area contributed by atoms with Crippen LogP contribution in [0.2, 0.25) is 0 Å². The van der Waals surface area contributed by atoms with Gasteiger partial charge in [-0.15, -0.1) is 0 Å². The summed E-state index contributed by atoms with van der Waals surface area (Å²) in [5.41, 5.74) is 11.8. The highest BCUT2D eigenvalue weighted by molar-refractivity contribution is 6.10. The van der Waals surface area contributed by atoms with Crippen LogP contribution in [-0.4, -0.2) is 33.9 Å². The Morgan fingerprint density at radius 3 is 2.52 bits per heavy atom. The number of amides is 2. The molecule has 0 bridgehead atoms. The van der Waals surface area contributed by atoms with Gasteiger partial charge in [-0.3, -0.25) is 25.9 Å². The summed E-state index contributed by atoms with van der Waals surface area (Å²) in [6, 6.07) is 9.39. The van der Waals surface area contributed by atoms with Crippen LogP contribution in [0.3, 0.4) is 0 Å². The number of nitrogens with one attached hydrogen (secondary N) is 5. The number of carbonyl (C=O) groups is 3. The molecule has 2 aromatic heterocycles. The zero-order chi connectivity index (χ0) is 19.4. The van der Waals surface area contributed by atoms with Gasteiger partial charge >= 0.3 is 11.7 Å². The molecule has 0 atom stereocenters. The van der Waals surface area contributed by atoms with Crippen LogP contribution in [0.4, 0.5) is 5.69 Å². The summed E-state index contributed by atoms with van der Waals surface area (Å²) in [4.78, 5) is 44.8. The summed E-state index contributed by atoms with van der Waals surface area (Å²) >= 11 is 0. The Morgan fingerprint density at radius 2 is 1.81 bits per heavy atom. The molecule has 10 nitrogen and oxygen atoms in total. The number of H-pyrrole nitrogens is 3. The number of benzene rings is 1. The standard InChI is InChI=1S/C17H17N7O3/c18-17(19)24-15(26)12-5-4-11(23-12)13(25)9-2-1-3-10(8-9)22-16(27)14-20-6-7-21-14/h1-8,17,23H,18-19H2,(H,20,21)(H,22,27)(H,24,26)/p+1. The van der Waals surface area contributed by atoms with Gasteiger partial charge in [-0.25, -0.2) is 9.97 Å². The molecule has 138 valence electrons. The molecule has 1 aromatic carbocycles. The van der Waals surface area contributed by atoms with Crippen molar-refractivity contribution >= 4 is 23.3 Å². The van der Waals surface area contributed by atoms with Crippen molar-refractivity contribution in [3.05, 3.63) is 71.6 Å². The third-order valence-corrected chi connectivity index (χ3v) is 3.62. The maximum Gasteiger partial charge on any atom is 0.343 e. The Balaban J connectivity index is 1.75. The summed E-state index contributed by atoms with van der Waals surface area (Å²) in [5.74, 6) is -0.952. The molecule has 0 aliphatic carbocycles. The number of imidazole rings is 1. The van der Waals surface area contributed by atoms with Gasteiger partial charge in [-0.1, -0.05) is 12.1 Å². The highest BCUT2D eigenvalue weighted by Crippen LogP contribution is 2.15. The van der Waals surface area contributed by atoms with Crippen molar-refractivity contribution in [3.63, 3.8) is 0 Å². The second-order valence-electron chi connectivity index (χ2n) is 5.65. The van der Waals surface area contributed by atoms with Crippen LogP contribution >= 0.6 is 0 Å². The maximum atomic E-state index is 12.6. The van der Waals surface area contributed by atoms with Gasteiger partial charge in [-0.2, -0.15) is 0 Å². The molecule has 10 heteroatoms. The molecule has 3 aromatic rings. The van der Waals surface area contributed by atoms with Crippen LogP contribution in [0.15, 0.2) is 48.8 Å². The Morgan fingerprint density at radius 1 is 1.04 bits per heavy atom. The third kappa shape index (κ3) is 4.26. The van der Waals surface area contributed by atoms with E-state index in [1.54, 1.807) is 36.7 Å². The van der Waals surface area contributed by atoms with E-state index in [0.717, 1.165) is 0 Å². The van der Waals surface area contributed by atoms with E-state index in [1.807, 2.05) is 0 Å². The first-order chi connectivity index (χ1) is 12.9. The molecular weight excluding hydrogens is 350 g/mol. The molecule has 3 rings (SSSR count). The Labute approximate surface area is 153 Å². The van der Waals surface area contributed by atoms with Gasteiger partial charge < -0.3 is 15.6 Å². The van der Waals surface area contributed by atoms with Crippen molar-refractivity contribution in [3.8, 4) is 0 Å². The number of ketones is 1. The second-order valence-corrected chi connectivity index (χ2v) is 5.65. The minimum atomic E-state index is -1.00. The molecule has 0 aliphatic heterocycles. The minimum absolute atomic E-state index is 0.158. The zero-order valence-electron chi connectivity index (χ0n) is 14.1. The van der Waals surface area contributed by atoms with Gasteiger partial charge in [0, 0.05) is 11.3 Å². The zero-order valence-corrected chi connectivity index (χ0v) is 14.1. The Hall–Kier alpha value is -3.76. The molecule has 0 unspecified atom stereocenters. The van der Waals surface area contributed by atoms with E-state index < -0.39 is 12.2 Å². The van der Waals surface area contributed by atoms with Crippen LogP contribution in [0, 0.1) is 0 Å². The van der Waals surface area contributed by atoms with Gasteiger partial charge in [0.05, 0.1) is 5.69 Å². The first kappa shape index (κ1) is 18.0. The van der Waals surface area contributed by atoms with Crippen LogP contribution in [0.5, 0.6) is 0 Å². The van der Waals surface area contributed by atoms with E-state index in [1.165, 1.54) is 12.1 Å². The topological polar surface area (TPSA) is 173 Å². The molecule has 0 spiro atoms. The summed E-state index contributed by atoms with van der Waals surface area (Å²) in [5, 5.41) is 5.00. The molecule has 0 aliphatic rings. The molecule has 2 heterocycles. The van der Waals surface area contributed by atoms with E-state index in [0.29, 0.717) is 11.3 Å². The van der Waals surface area contributed by atoms with Crippen LogP contribution in [0.1, 0.15) is 37.2 Å². The predicted molar refractivity (Wildman–Crippen MR) is 95.6 cm³/mol. The number of hydrogen-bond acceptors (Lipinski definition) is 5. The van der Waals surface area contributed by atoms with Gasteiger partial charge in [0.2, 0.25) is 5.78 Å². The first-order valence-electron chi connectivity index (χ1n) is 7.96. The molecule has 0 radical (unpaired) electrons. The fourth-order valence-corrected chi connectivity index (χ4v) is 2.40. The van der Waals surface area contributed by atoms with Crippen molar-refractivity contribution < 1.29 is 19.4 Å². The lowest BCUT2D eigenvalue weighted by Crippen LogP contribution is -2.48. The number of rotatable bonds is 6. The van der Waals surface area contributed by atoms with E-state index >= 15 is 0 Å². The molecule has 9 N–H and O–H groups in total. The van der Waals surface area contributed by atoms with E-state index in [-0.39, 0.29) is 28.9 Å². The maximum absolute atomic E-state index is 12.6. The lowest BCUT2D eigenvalue weighted by atomic mass is 10.1. The average Bonchev–Trinajstić information content (AvgIpc) is 3.32. The summed E-state index contributed by atoms with van der Waals surface area (Å²) in [6.07, 6.45) is 2.17. The summed E-state index contributed by atoms with van der Waals surface area (Å²) in [7, 11) is 0. The molecule has 0 fully saturated rings. The van der Waals surface area contributed by atoms with Gasteiger partial charge in [-0.05, 0) is 24.3 Å². The number of nitrogens with two attached hydrogens (primary N) is 2. The number of aromatic amines is 3. The lowest BCUT2D eigenvalue weighted by molar-refractivity contribution is -0.379. The van der Waals surface area contributed by atoms with Crippen molar-refractivity contribution in [2.24, 2.45) is 11.5 Å². The first-order valence-corrected chi connectivity index (χ1v) is 7.96. The number of anilines is 1. The highest BCUT2D eigenvalue weighted by atomic mass is 16.2. The fourth-order valence-electron chi connectivity index (χ4n) is 2.40. The molecule has 27 heavy (non-hydrogen) atoms. The quantitative estimate of drug-likeness (QED) is 0.255. The van der Waals surface area contributed by atoms with Crippen molar-refractivity contribution in [1.29, 1.82) is 0 Å². The normalized spacial score (nSPS) is 10.6. The Bertz CT molecular complexity index is 976. The number of hydrogen-bond donors (Lipinski definition) is 6. The van der Waals surface area contributed by atoms with E-state index in [4.69, 9.17) is 11.5 Å². The lowest BCUT2D eigenvalue weighted by Gasteiger charge is -2.06. The summed E-state index contributed by atoms with van der Waals surface area (Å²) in [6.45, 7) is 0. The van der Waals surface area contributed by atoms with Crippen LogP contribution < -0.4 is 27.1 Å². The fraction of sp³-hybridized carbons (Fsp3) is 0.0588. The number of carbonyl (C=O) groups excluding carboxylic acids is 3. The van der Waals surface area contributed by atoms with E-state index in [2.05, 4.69) is 25.6 Å². The van der Waals surface area contributed by atoms with Gasteiger partial charge in [0.15, 0.2) is 0 Å². The molecular formula is C17H18N7O3+. The van der Waals surface area contributed by atoms with Gasteiger partial charge in [0.1, 0.15) is 24.4 Å². The van der Waals surface area contributed by atoms with Crippen molar-refractivity contribution in [2.75, 3.05) is 5.32 Å². The van der Waals surface area contributed by atoms with E-state index in [9.17, 15) is 14.4 Å². The number of aromatic nitrogens is 3. The van der Waals surface area contributed by atoms with Crippen molar-refractivity contribution in [1.82, 2.24) is 15.3 Å². The summed E-state index contributed by atoms with van der Waals surface area (Å²) < 4.78 is 0. The SMILES string of the molecule is NC(N)NC(=O)c1ccc(C(=O)c2cccc(NC(=O)c3[nH]cc[nH+]3)c2)[nH]1. The highest BCUT2D eigenvalue weighted by Gasteiger charge is 2.17. The van der Waals surface area contributed by atoms with Crippen LogP contribution in [-0.2, 0) is 0 Å². The molecule has 2 amide bonds. The Kier molecular flexibility index (Phi) is 5.11. The van der Waals surface area contributed by atoms with Crippen LogP contribution in [0.25, 0.3) is 0 Å². The average molecular weight is 368 g/mol. The van der Waals surface area contributed by atoms with Gasteiger partial charge in [0.25, 0.3) is 5.91 Å². The minimum Gasteiger partial charge on any atom is -0.348 e. The monoisotopic (exact) mass is 368 g/mol. The third-order valence-electron chi connectivity index (χ3n) is 3.62. The molecule has 0 saturated carbocycles. The molecule has 0 saturated heterocycles. The smallest absolute Gasteiger partial charge is 0.343 e. The second kappa shape index (κ2) is 7.64.